The molecule has 2 aromatic heterocycles. The summed E-state index contributed by atoms with van der Waals surface area (Å²) >= 11 is 0. The van der Waals surface area contributed by atoms with Crippen LogP contribution < -0.4 is 5.32 Å². The van der Waals surface area contributed by atoms with Crippen LogP contribution in [0.5, 0.6) is 0 Å². The minimum Gasteiger partial charge on any atom is -0.321 e. The van der Waals surface area contributed by atoms with Gasteiger partial charge in [0.15, 0.2) is 5.82 Å². The standard InChI is InChI=1S/C14H15N7O/c1-9-7-12(21(2)18-9)14(22)15-11-5-3-10(4-6-11)8-13-16-19-20-17-13/h3-7H,8H2,1-2H3,(H,15,22)(H,16,17,19,20). The third-order valence-corrected chi connectivity index (χ3v) is 3.20. The van der Waals surface area contributed by atoms with Gasteiger partial charge in [0.05, 0.1) is 5.69 Å². The van der Waals surface area contributed by atoms with Crippen molar-refractivity contribution in [1.29, 1.82) is 0 Å². The number of H-pyrrole nitrogens is 1. The summed E-state index contributed by atoms with van der Waals surface area (Å²) in [5.41, 5.74) is 3.09. The molecule has 2 N–H and O–H groups in total. The Morgan fingerprint density at radius 3 is 2.68 bits per heavy atom. The van der Waals surface area contributed by atoms with Gasteiger partial charge in [0, 0.05) is 19.2 Å². The molecule has 8 nitrogen and oxygen atoms in total. The van der Waals surface area contributed by atoms with Gasteiger partial charge in [0.25, 0.3) is 5.91 Å². The number of aryl methyl sites for hydroxylation is 2. The minimum atomic E-state index is -0.186. The van der Waals surface area contributed by atoms with E-state index in [-0.39, 0.29) is 5.91 Å². The van der Waals surface area contributed by atoms with Gasteiger partial charge in [-0.05, 0) is 30.7 Å². The van der Waals surface area contributed by atoms with Gasteiger partial charge in [-0.25, -0.2) is 0 Å². The van der Waals surface area contributed by atoms with Crippen molar-refractivity contribution >= 4 is 11.6 Å². The van der Waals surface area contributed by atoms with Gasteiger partial charge < -0.3 is 5.32 Å². The summed E-state index contributed by atoms with van der Waals surface area (Å²) in [4.78, 5) is 12.2. The first-order valence-corrected chi connectivity index (χ1v) is 6.75. The molecular weight excluding hydrogens is 282 g/mol. The van der Waals surface area contributed by atoms with Gasteiger partial charge in [0.2, 0.25) is 0 Å². The summed E-state index contributed by atoms with van der Waals surface area (Å²) in [7, 11) is 1.75. The molecule has 0 bridgehead atoms. The topological polar surface area (TPSA) is 101 Å². The predicted molar refractivity (Wildman–Crippen MR) is 79.3 cm³/mol. The Labute approximate surface area is 126 Å². The van der Waals surface area contributed by atoms with E-state index in [1.54, 1.807) is 17.8 Å². The number of carbonyl (C=O) groups is 1. The molecule has 0 spiro atoms. The zero-order valence-electron chi connectivity index (χ0n) is 12.2. The highest BCUT2D eigenvalue weighted by Crippen LogP contribution is 2.13. The van der Waals surface area contributed by atoms with Gasteiger partial charge in [0.1, 0.15) is 5.69 Å². The van der Waals surface area contributed by atoms with Crippen LogP contribution in [0.3, 0.4) is 0 Å². The quantitative estimate of drug-likeness (QED) is 0.750. The normalized spacial score (nSPS) is 10.6. The second kappa shape index (κ2) is 5.76. The molecular formula is C14H15N7O. The van der Waals surface area contributed by atoms with Crippen LogP contribution in [0.25, 0.3) is 0 Å². The number of anilines is 1. The molecule has 3 aromatic rings. The highest BCUT2D eigenvalue weighted by molar-refractivity contribution is 6.03. The van der Waals surface area contributed by atoms with Crippen molar-refractivity contribution in [2.24, 2.45) is 7.05 Å². The van der Waals surface area contributed by atoms with Crippen LogP contribution >= 0.6 is 0 Å². The van der Waals surface area contributed by atoms with Crippen molar-refractivity contribution in [1.82, 2.24) is 30.4 Å². The van der Waals surface area contributed by atoms with Crippen LogP contribution in [-0.2, 0) is 13.5 Å². The molecule has 0 saturated heterocycles. The molecule has 8 heteroatoms. The summed E-state index contributed by atoms with van der Waals surface area (Å²) in [5.74, 6) is 0.441. The number of nitrogens with one attached hydrogen (secondary N) is 2. The first-order valence-electron chi connectivity index (χ1n) is 6.75. The summed E-state index contributed by atoms with van der Waals surface area (Å²) in [6.45, 7) is 1.85. The fourth-order valence-corrected chi connectivity index (χ4v) is 2.16. The lowest BCUT2D eigenvalue weighted by Gasteiger charge is -2.06. The summed E-state index contributed by atoms with van der Waals surface area (Å²) < 4.78 is 1.56. The van der Waals surface area contributed by atoms with Crippen molar-refractivity contribution in [2.45, 2.75) is 13.3 Å². The number of aromatic amines is 1. The fourth-order valence-electron chi connectivity index (χ4n) is 2.16. The van der Waals surface area contributed by atoms with Crippen LogP contribution in [0.4, 0.5) is 5.69 Å². The third-order valence-electron chi connectivity index (χ3n) is 3.20. The first-order chi connectivity index (χ1) is 10.6. The Bertz CT molecular complexity index is 774. The maximum Gasteiger partial charge on any atom is 0.273 e. The molecule has 0 aliphatic carbocycles. The number of hydrogen-bond acceptors (Lipinski definition) is 5. The molecule has 112 valence electrons. The number of rotatable bonds is 4. The molecule has 0 unspecified atom stereocenters. The molecule has 0 atom stereocenters. The zero-order chi connectivity index (χ0) is 15.5. The predicted octanol–water partition coefficient (Wildman–Crippen LogP) is 1.08. The molecule has 0 radical (unpaired) electrons. The molecule has 1 amide bonds. The monoisotopic (exact) mass is 297 g/mol. The van der Waals surface area contributed by atoms with Crippen LogP contribution in [0, 0.1) is 6.92 Å². The Morgan fingerprint density at radius 1 is 1.32 bits per heavy atom. The SMILES string of the molecule is Cc1cc(C(=O)Nc2ccc(Cc3nn[nH]n3)cc2)n(C)n1. The summed E-state index contributed by atoms with van der Waals surface area (Å²) in [6, 6.07) is 9.27. The Hall–Kier alpha value is -3.03. The lowest BCUT2D eigenvalue weighted by Crippen LogP contribution is -2.16. The number of nitrogens with zero attached hydrogens (tertiary/aromatic N) is 5. The minimum absolute atomic E-state index is 0.186. The van der Waals surface area contributed by atoms with E-state index in [1.165, 1.54) is 0 Å². The average Bonchev–Trinajstić information content (AvgIpc) is 3.10. The molecule has 0 saturated carbocycles. The summed E-state index contributed by atoms with van der Waals surface area (Å²) in [5, 5.41) is 20.8. The van der Waals surface area contributed by atoms with E-state index in [0.29, 0.717) is 17.9 Å². The Morgan fingerprint density at radius 2 is 2.09 bits per heavy atom. The van der Waals surface area contributed by atoms with Crippen LogP contribution in [0.15, 0.2) is 30.3 Å². The largest absolute Gasteiger partial charge is 0.321 e. The first kappa shape index (κ1) is 13.9. The fraction of sp³-hybridized carbons (Fsp3) is 0.214. The molecule has 22 heavy (non-hydrogen) atoms. The number of hydrogen-bond donors (Lipinski definition) is 2. The molecule has 0 fully saturated rings. The lowest BCUT2D eigenvalue weighted by atomic mass is 10.1. The summed E-state index contributed by atoms with van der Waals surface area (Å²) in [6.07, 6.45) is 0.589. The number of carbonyl (C=O) groups excluding carboxylic acids is 1. The highest BCUT2D eigenvalue weighted by atomic mass is 16.2. The maximum absolute atomic E-state index is 12.2. The maximum atomic E-state index is 12.2. The van der Waals surface area contributed by atoms with Gasteiger partial charge in [-0.2, -0.15) is 10.3 Å². The number of aromatic nitrogens is 6. The number of amides is 1. The Kier molecular flexibility index (Phi) is 3.65. The number of benzene rings is 1. The van der Waals surface area contributed by atoms with E-state index in [2.05, 4.69) is 31.0 Å². The second-order valence-electron chi connectivity index (χ2n) is 4.95. The van der Waals surface area contributed by atoms with Crippen molar-refractivity contribution in [2.75, 3.05) is 5.32 Å². The van der Waals surface area contributed by atoms with E-state index < -0.39 is 0 Å². The highest BCUT2D eigenvalue weighted by Gasteiger charge is 2.12. The molecule has 0 aliphatic rings. The average molecular weight is 297 g/mol. The molecule has 1 aromatic carbocycles. The van der Waals surface area contributed by atoms with Gasteiger partial charge >= 0.3 is 0 Å². The molecule has 2 heterocycles. The van der Waals surface area contributed by atoms with Crippen LogP contribution in [0.1, 0.15) is 27.6 Å². The lowest BCUT2D eigenvalue weighted by molar-refractivity contribution is 0.101. The van der Waals surface area contributed by atoms with Gasteiger partial charge in [-0.1, -0.05) is 17.3 Å². The molecule has 3 rings (SSSR count). The van der Waals surface area contributed by atoms with Crippen molar-refractivity contribution in [3.05, 3.63) is 53.1 Å². The number of tetrazole rings is 1. The van der Waals surface area contributed by atoms with E-state index in [9.17, 15) is 4.79 Å². The van der Waals surface area contributed by atoms with Crippen molar-refractivity contribution in [3.8, 4) is 0 Å². The van der Waals surface area contributed by atoms with Crippen molar-refractivity contribution < 1.29 is 4.79 Å². The smallest absolute Gasteiger partial charge is 0.273 e. The van der Waals surface area contributed by atoms with Crippen LogP contribution in [0.2, 0.25) is 0 Å². The van der Waals surface area contributed by atoms with Crippen molar-refractivity contribution in [3.63, 3.8) is 0 Å². The zero-order valence-corrected chi connectivity index (χ0v) is 12.2. The van der Waals surface area contributed by atoms with E-state index >= 15 is 0 Å². The van der Waals surface area contributed by atoms with E-state index in [1.807, 2.05) is 31.2 Å². The van der Waals surface area contributed by atoms with E-state index in [0.717, 1.165) is 16.9 Å². The third kappa shape index (κ3) is 3.00. The second-order valence-corrected chi connectivity index (χ2v) is 4.95. The molecule has 0 aliphatic heterocycles. The van der Waals surface area contributed by atoms with E-state index in [4.69, 9.17) is 0 Å². The Balaban J connectivity index is 1.68. The van der Waals surface area contributed by atoms with Gasteiger partial charge in [-0.15, -0.1) is 10.2 Å². The van der Waals surface area contributed by atoms with Crippen LogP contribution in [-0.4, -0.2) is 36.3 Å². The van der Waals surface area contributed by atoms with Gasteiger partial charge in [-0.3, -0.25) is 9.48 Å².